The topological polar surface area (TPSA) is 68.2 Å². The van der Waals surface area contributed by atoms with Crippen molar-refractivity contribution in [1.82, 2.24) is 0 Å². The van der Waals surface area contributed by atoms with E-state index in [1.165, 1.54) is 7.11 Å². The van der Waals surface area contributed by atoms with E-state index in [0.29, 0.717) is 17.1 Å². The number of carbonyl (C=O) groups excluding carboxylic acids is 2. The molecule has 25 heavy (non-hydrogen) atoms. The van der Waals surface area contributed by atoms with Crippen LogP contribution in [0.15, 0.2) is 58.2 Å². The molecule has 2 amide bonds. The fourth-order valence-corrected chi connectivity index (χ4v) is 3.35. The minimum absolute atomic E-state index is 0.362. The second-order valence-corrected chi connectivity index (χ2v) is 6.59. The van der Waals surface area contributed by atoms with Gasteiger partial charge >= 0.3 is 0 Å². The molecule has 1 fully saturated rings. The molecule has 0 aliphatic carbocycles. The molecule has 0 spiro atoms. The number of ether oxygens (including phenoxy) is 1. The number of anilines is 1. The van der Waals surface area contributed by atoms with Crippen molar-refractivity contribution in [2.45, 2.75) is 6.10 Å². The van der Waals surface area contributed by atoms with Crippen molar-refractivity contribution in [1.29, 1.82) is 0 Å². The fraction of sp³-hybridized carbons (Fsp3) is 0.167. The van der Waals surface area contributed by atoms with Crippen LogP contribution in [0.25, 0.3) is 0 Å². The highest BCUT2D eigenvalue weighted by molar-refractivity contribution is 9.10. The summed E-state index contributed by atoms with van der Waals surface area (Å²) in [6.07, 6.45) is -0.934. The van der Waals surface area contributed by atoms with Gasteiger partial charge in [0.25, 0.3) is 5.91 Å². The summed E-state index contributed by atoms with van der Waals surface area (Å²) in [6.45, 7) is 0. The number of amides is 2. The lowest BCUT2D eigenvalue weighted by atomic mass is 9.94. The molecule has 0 radical (unpaired) electrons. The Morgan fingerprint density at radius 2 is 1.80 bits per heavy atom. The first-order valence-electron chi connectivity index (χ1n) is 7.62. The zero-order valence-electron chi connectivity index (χ0n) is 13.2. The molecule has 0 aromatic heterocycles. The summed E-state index contributed by atoms with van der Waals surface area (Å²) in [7, 11) is 1.50. The number of hydrogen-bond donors (Lipinski definition) is 0. The number of imide groups is 1. The van der Waals surface area contributed by atoms with Crippen LogP contribution in [0.4, 0.5) is 5.69 Å². The van der Waals surface area contributed by atoms with Crippen molar-refractivity contribution in [2.75, 3.05) is 12.0 Å². The molecule has 2 unspecified atom stereocenters. The van der Waals surface area contributed by atoms with E-state index < -0.39 is 17.9 Å². The second-order valence-electron chi connectivity index (χ2n) is 5.67. The van der Waals surface area contributed by atoms with Gasteiger partial charge in [-0.3, -0.25) is 9.59 Å². The van der Waals surface area contributed by atoms with Crippen LogP contribution in [0.1, 0.15) is 5.56 Å². The molecular formula is C18H13BrN2O4. The summed E-state index contributed by atoms with van der Waals surface area (Å²) in [6, 6.07) is 14.3. The van der Waals surface area contributed by atoms with Gasteiger partial charge in [-0.25, -0.2) is 4.90 Å². The van der Waals surface area contributed by atoms with Crippen molar-refractivity contribution in [2.24, 2.45) is 11.1 Å². The van der Waals surface area contributed by atoms with E-state index in [4.69, 9.17) is 9.57 Å². The highest BCUT2D eigenvalue weighted by atomic mass is 79.9. The first-order chi connectivity index (χ1) is 12.1. The number of methoxy groups -OCH3 is 1. The molecule has 2 atom stereocenters. The Morgan fingerprint density at radius 3 is 2.52 bits per heavy atom. The SMILES string of the molecule is COc1ccccc1N1C(=O)C2ON=C(c3ccc(Br)cc3)C2C1=O. The number of nitrogens with zero attached hydrogens (tertiary/aromatic N) is 2. The van der Waals surface area contributed by atoms with E-state index in [1.54, 1.807) is 24.3 Å². The average Bonchev–Trinajstić information content (AvgIpc) is 3.16. The number of hydrogen-bond acceptors (Lipinski definition) is 5. The summed E-state index contributed by atoms with van der Waals surface area (Å²) in [5.41, 5.74) is 1.63. The van der Waals surface area contributed by atoms with Crippen LogP contribution in [0.5, 0.6) is 5.75 Å². The lowest BCUT2D eigenvalue weighted by Crippen LogP contribution is -2.33. The molecule has 6 nitrogen and oxygen atoms in total. The Kier molecular flexibility index (Phi) is 3.80. The molecule has 1 saturated heterocycles. The van der Waals surface area contributed by atoms with Gasteiger partial charge in [-0.1, -0.05) is 45.4 Å². The van der Waals surface area contributed by atoms with Crippen molar-refractivity contribution in [3.05, 3.63) is 58.6 Å². The number of halogens is 1. The number of oxime groups is 1. The zero-order valence-corrected chi connectivity index (χ0v) is 14.8. The van der Waals surface area contributed by atoms with Crippen LogP contribution in [0.2, 0.25) is 0 Å². The maximum atomic E-state index is 13.0. The largest absolute Gasteiger partial charge is 0.495 e. The van der Waals surface area contributed by atoms with Gasteiger partial charge in [0.15, 0.2) is 0 Å². The van der Waals surface area contributed by atoms with E-state index >= 15 is 0 Å². The molecule has 2 aliphatic heterocycles. The first kappa shape index (κ1) is 15.8. The van der Waals surface area contributed by atoms with Crippen molar-refractivity contribution in [3.8, 4) is 5.75 Å². The standard InChI is InChI=1S/C18H13BrN2O4/c1-24-13-5-3-2-4-12(13)21-17(22)14-15(20-25-16(14)18(21)23)10-6-8-11(19)9-7-10/h2-9,14,16H,1H3. The fourth-order valence-electron chi connectivity index (χ4n) is 3.09. The highest BCUT2D eigenvalue weighted by Gasteiger charge is 2.56. The minimum Gasteiger partial charge on any atom is -0.495 e. The van der Waals surface area contributed by atoms with E-state index in [-0.39, 0.29) is 5.91 Å². The molecule has 7 heteroatoms. The average molecular weight is 401 g/mol. The zero-order chi connectivity index (χ0) is 17.6. The van der Waals surface area contributed by atoms with Gasteiger partial charge in [0.05, 0.1) is 12.8 Å². The van der Waals surface area contributed by atoms with Gasteiger partial charge < -0.3 is 9.57 Å². The summed E-state index contributed by atoms with van der Waals surface area (Å²) < 4.78 is 6.19. The third-order valence-corrected chi connectivity index (χ3v) is 4.81. The maximum absolute atomic E-state index is 13.0. The highest BCUT2D eigenvalue weighted by Crippen LogP contribution is 2.38. The van der Waals surface area contributed by atoms with E-state index in [1.807, 2.05) is 24.3 Å². The number of fused-ring (bicyclic) bond motifs is 1. The van der Waals surface area contributed by atoms with E-state index in [2.05, 4.69) is 21.1 Å². The van der Waals surface area contributed by atoms with E-state index in [0.717, 1.165) is 14.9 Å². The number of benzene rings is 2. The lowest BCUT2D eigenvalue weighted by molar-refractivity contribution is -0.126. The summed E-state index contributed by atoms with van der Waals surface area (Å²) >= 11 is 3.37. The predicted octanol–water partition coefficient (Wildman–Crippen LogP) is 2.75. The normalized spacial score (nSPS) is 21.8. The molecule has 2 aromatic rings. The molecular weight excluding hydrogens is 388 g/mol. The number of para-hydroxylation sites is 2. The molecule has 2 aliphatic rings. The number of carbonyl (C=O) groups is 2. The van der Waals surface area contributed by atoms with Crippen LogP contribution in [0, 0.1) is 5.92 Å². The molecule has 4 rings (SSSR count). The van der Waals surface area contributed by atoms with Crippen LogP contribution in [-0.4, -0.2) is 30.7 Å². The molecule has 126 valence electrons. The predicted molar refractivity (Wildman–Crippen MR) is 94.5 cm³/mol. The Hall–Kier alpha value is -2.67. The van der Waals surface area contributed by atoms with Gasteiger partial charge in [-0.2, -0.15) is 0 Å². The molecule has 2 aromatic carbocycles. The summed E-state index contributed by atoms with van der Waals surface area (Å²) in [5.74, 6) is -1.10. The van der Waals surface area contributed by atoms with Crippen LogP contribution < -0.4 is 9.64 Å². The van der Waals surface area contributed by atoms with Crippen molar-refractivity contribution in [3.63, 3.8) is 0 Å². The summed E-state index contributed by atoms with van der Waals surface area (Å²) in [5, 5.41) is 3.99. The number of rotatable bonds is 3. The van der Waals surface area contributed by atoms with Crippen molar-refractivity contribution < 1.29 is 19.2 Å². The molecule has 0 N–H and O–H groups in total. The Bertz CT molecular complexity index is 894. The van der Waals surface area contributed by atoms with Gasteiger partial charge in [0.2, 0.25) is 12.0 Å². The molecule has 2 heterocycles. The quantitative estimate of drug-likeness (QED) is 0.742. The van der Waals surface area contributed by atoms with Crippen LogP contribution in [-0.2, 0) is 14.4 Å². The Labute approximate surface area is 152 Å². The second kappa shape index (κ2) is 6.00. The van der Waals surface area contributed by atoms with Gasteiger partial charge in [0.1, 0.15) is 17.4 Å². The monoisotopic (exact) mass is 400 g/mol. The smallest absolute Gasteiger partial charge is 0.279 e. The molecule has 0 saturated carbocycles. The summed E-state index contributed by atoms with van der Waals surface area (Å²) in [4.78, 5) is 32.2. The maximum Gasteiger partial charge on any atom is 0.279 e. The van der Waals surface area contributed by atoms with E-state index in [9.17, 15) is 9.59 Å². The van der Waals surface area contributed by atoms with Crippen LogP contribution in [0.3, 0.4) is 0 Å². The Morgan fingerprint density at radius 1 is 1.08 bits per heavy atom. The molecule has 0 bridgehead atoms. The first-order valence-corrected chi connectivity index (χ1v) is 8.41. The lowest BCUT2D eigenvalue weighted by Gasteiger charge is -2.18. The van der Waals surface area contributed by atoms with Gasteiger partial charge in [-0.05, 0) is 24.3 Å². The van der Waals surface area contributed by atoms with Gasteiger partial charge in [0, 0.05) is 10.0 Å². The Balaban J connectivity index is 1.72. The third-order valence-electron chi connectivity index (χ3n) is 4.28. The third kappa shape index (κ3) is 2.42. The van der Waals surface area contributed by atoms with Gasteiger partial charge in [-0.15, -0.1) is 0 Å². The minimum atomic E-state index is -0.934. The van der Waals surface area contributed by atoms with Crippen molar-refractivity contribution >= 4 is 39.1 Å². The van der Waals surface area contributed by atoms with Crippen LogP contribution >= 0.6 is 15.9 Å².